The maximum atomic E-state index is 13.7. The summed E-state index contributed by atoms with van der Waals surface area (Å²) in [7, 11) is -3.46. The zero-order valence-electron chi connectivity index (χ0n) is 20.7. The maximum absolute atomic E-state index is 13.7. The molecule has 0 bridgehead atoms. The molecule has 37 heavy (non-hydrogen) atoms. The van der Waals surface area contributed by atoms with Crippen molar-refractivity contribution < 1.29 is 26.7 Å². The second kappa shape index (κ2) is 12.8. The van der Waals surface area contributed by atoms with Crippen molar-refractivity contribution in [3.8, 4) is 0 Å². The van der Waals surface area contributed by atoms with Gasteiger partial charge in [0, 0.05) is 30.9 Å². The molecule has 2 unspecified atom stereocenters. The lowest BCUT2D eigenvalue weighted by Gasteiger charge is -2.25. The number of rotatable bonds is 12. The zero-order chi connectivity index (χ0) is 27.0. The Balaban J connectivity index is 1.72. The van der Waals surface area contributed by atoms with E-state index >= 15 is 0 Å². The van der Waals surface area contributed by atoms with E-state index < -0.39 is 39.8 Å². The van der Waals surface area contributed by atoms with Crippen LogP contribution in [0.1, 0.15) is 34.0 Å². The number of nitrogens with two attached hydrogens (primary N) is 1. The van der Waals surface area contributed by atoms with Crippen LogP contribution in [-0.4, -0.2) is 39.3 Å². The van der Waals surface area contributed by atoms with Gasteiger partial charge in [0.25, 0.3) is 0 Å². The number of benzene rings is 3. The maximum Gasteiger partial charge on any atom is 0.338 e. The van der Waals surface area contributed by atoms with Gasteiger partial charge in [0.2, 0.25) is 10.0 Å². The highest BCUT2D eigenvalue weighted by molar-refractivity contribution is 7.92. The number of carbonyl (C=O) groups excluding carboxylic acids is 1. The Morgan fingerprint density at radius 3 is 2.24 bits per heavy atom. The third-order valence-electron chi connectivity index (χ3n) is 5.63. The molecule has 3 aromatic carbocycles. The smallest absolute Gasteiger partial charge is 0.338 e. The first-order valence-electron chi connectivity index (χ1n) is 11.8. The fourth-order valence-corrected chi connectivity index (χ4v) is 4.39. The third kappa shape index (κ3) is 9.23. The van der Waals surface area contributed by atoms with Crippen LogP contribution in [0.2, 0.25) is 0 Å². The molecule has 0 radical (unpaired) electrons. The van der Waals surface area contributed by atoms with Gasteiger partial charge in [-0.25, -0.2) is 22.0 Å². The molecule has 0 spiro atoms. The van der Waals surface area contributed by atoms with Crippen molar-refractivity contribution in [3.05, 3.63) is 101 Å². The molecule has 0 aromatic heterocycles. The Morgan fingerprint density at radius 1 is 0.973 bits per heavy atom. The molecule has 0 fully saturated rings. The van der Waals surface area contributed by atoms with E-state index in [1.165, 1.54) is 42.0 Å². The molecule has 2 atom stereocenters. The van der Waals surface area contributed by atoms with E-state index in [0.717, 1.165) is 24.3 Å². The van der Waals surface area contributed by atoms with Crippen LogP contribution in [0.3, 0.4) is 0 Å². The summed E-state index contributed by atoms with van der Waals surface area (Å²) in [6.07, 6.45) is 1.19. The standard InChI is InChI=1S/C27H31F2N3O4S/c1-3-18-5-4-6-19(11-18)16-31-17-26(25(30)14-20-12-22(28)15-23(29)13-20)36-27(33)21-7-9-24(10-8-21)32-37(2,34)35/h4-13,15,25-26,31-32H,3,14,16-17,30H2,1-2H3. The summed E-state index contributed by atoms with van der Waals surface area (Å²) >= 11 is 0. The van der Waals surface area contributed by atoms with Crippen LogP contribution in [0.15, 0.2) is 66.7 Å². The number of halogens is 2. The fraction of sp³-hybridized carbons (Fsp3) is 0.296. The number of hydrogen-bond donors (Lipinski definition) is 3. The van der Waals surface area contributed by atoms with E-state index in [9.17, 15) is 22.0 Å². The van der Waals surface area contributed by atoms with Gasteiger partial charge in [-0.1, -0.05) is 31.2 Å². The van der Waals surface area contributed by atoms with E-state index in [1.807, 2.05) is 18.2 Å². The van der Waals surface area contributed by atoms with Gasteiger partial charge in [0.15, 0.2) is 0 Å². The Bertz CT molecular complexity index is 1300. The third-order valence-corrected chi connectivity index (χ3v) is 6.23. The minimum Gasteiger partial charge on any atom is -0.456 e. The van der Waals surface area contributed by atoms with E-state index in [2.05, 4.69) is 23.0 Å². The van der Waals surface area contributed by atoms with Crippen LogP contribution in [0.25, 0.3) is 0 Å². The molecule has 198 valence electrons. The molecule has 7 nitrogen and oxygen atoms in total. The van der Waals surface area contributed by atoms with Crippen LogP contribution in [-0.2, 0) is 34.1 Å². The highest BCUT2D eigenvalue weighted by Gasteiger charge is 2.24. The van der Waals surface area contributed by atoms with Gasteiger partial charge in [-0.2, -0.15) is 0 Å². The Morgan fingerprint density at radius 2 is 1.62 bits per heavy atom. The molecule has 3 aromatic rings. The number of anilines is 1. The highest BCUT2D eigenvalue weighted by atomic mass is 32.2. The minimum atomic E-state index is -3.46. The lowest BCUT2D eigenvalue weighted by Crippen LogP contribution is -2.46. The van der Waals surface area contributed by atoms with Gasteiger partial charge < -0.3 is 15.8 Å². The first-order chi connectivity index (χ1) is 17.5. The number of sulfonamides is 1. The topological polar surface area (TPSA) is 111 Å². The van der Waals surface area contributed by atoms with Crippen LogP contribution >= 0.6 is 0 Å². The summed E-state index contributed by atoms with van der Waals surface area (Å²) in [4.78, 5) is 12.9. The van der Waals surface area contributed by atoms with Crippen molar-refractivity contribution in [2.75, 3.05) is 17.5 Å². The molecule has 3 rings (SSSR count). The average molecular weight is 532 g/mol. The molecule has 0 amide bonds. The lowest BCUT2D eigenvalue weighted by atomic mass is 10.0. The van der Waals surface area contributed by atoms with Crippen molar-refractivity contribution >= 4 is 21.7 Å². The summed E-state index contributed by atoms with van der Waals surface area (Å²) < 4.78 is 58.2. The van der Waals surface area contributed by atoms with Gasteiger partial charge in [-0.05, 0) is 65.9 Å². The number of hydrogen-bond acceptors (Lipinski definition) is 6. The SMILES string of the molecule is CCc1cccc(CNCC(OC(=O)c2ccc(NS(C)(=O)=O)cc2)C(N)Cc2cc(F)cc(F)c2)c1. The van der Waals surface area contributed by atoms with Crippen molar-refractivity contribution in [2.45, 2.75) is 38.5 Å². The van der Waals surface area contributed by atoms with Crippen LogP contribution < -0.4 is 15.8 Å². The molecule has 0 saturated heterocycles. The summed E-state index contributed by atoms with van der Waals surface area (Å²) in [5.41, 5.74) is 9.45. The monoisotopic (exact) mass is 531 g/mol. The second-order valence-electron chi connectivity index (χ2n) is 8.85. The fourth-order valence-electron chi connectivity index (χ4n) is 3.83. The van der Waals surface area contributed by atoms with E-state index in [0.29, 0.717) is 17.8 Å². The predicted molar refractivity (Wildman–Crippen MR) is 140 cm³/mol. The number of esters is 1. The Hall–Kier alpha value is -3.34. The molecule has 0 aliphatic rings. The zero-order valence-corrected chi connectivity index (χ0v) is 21.5. The van der Waals surface area contributed by atoms with Gasteiger partial charge >= 0.3 is 5.97 Å². The molecular formula is C27H31F2N3O4S. The van der Waals surface area contributed by atoms with E-state index in [1.54, 1.807) is 0 Å². The van der Waals surface area contributed by atoms with Gasteiger partial charge in [0.1, 0.15) is 17.7 Å². The van der Waals surface area contributed by atoms with E-state index in [4.69, 9.17) is 10.5 Å². The molecule has 0 aliphatic heterocycles. The number of ether oxygens (including phenoxy) is 1. The average Bonchev–Trinajstić information content (AvgIpc) is 2.82. The van der Waals surface area contributed by atoms with Crippen molar-refractivity contribution in [1.82, 2.24) is 5.32 Å². The molecule has 0 heterocycles. The van der Waals surface area contributed by atoms with Crippen molar-refractivity contribution in [3.63, 3.8) is 0 Å². The molecule has 0 aliphatic carbocycles. The molecular weight excluding hydrogens is 500 g/mol. The normalized spacial score (nSPS) is 13.1. The summed E-state index contributed by atoms with van der Waals surface area (Å²) in [5.74, 6) is -2.09. The highest BCUT2D eigenvalue weighted by Crippen LogP contribution is 2.16. The summed E-state index contributed by atoms with van der Waals surface area (Å²) in [6, 6.07) is 16.2. The minimum absolute atomic E-state index is 0.0802. The van der Waals surface area contributed by atoms with E-state index in [-0.39, 0.29) is 18.5 Å². The van der Waals surface area contributed by atoms with Crippen molar-refractivity contribution in [1.29, 1.82) is 0 Å². The Labute approximate surface area is 216 Å². The summed E-state index contributed by atoms with van der Waals surface area (Å²) in [5, 5.41) is 3.25. The summed E-state index contributed by atoms with van der Waals surface area (Å²) in [6.45, 7) is 2.78. The largest absolute Gasteiger partial charge is 0.456 e. The molecule has 4 N–H and O–H groups in total. The van der Waals surface area contributed by atoms with Crippen molar-refractivity contribution in [2.24, 2.45) is 5.73 Å². The second-order valence-corrected chi connectivity index (χ2v) is 10.6. The first-order valence-corrected chi connectivity index (χ1v) is 13.7. The molecule has 0 saturated carbocycles. The first kappa shape index (κ1) is 28.2. The predicted octanol–water partition coefficient (Wildman–Crippen LogP) is 3.78. The van der Waals surface area contributed by atoms with Crippen LogP contribution in [0, 0.1) is 11.6 Å². The van der Waals surface area contributed by atoms with Gasteiger partial charge in [0.05, 0.1) is 11.8 Å². The molecule has 10 heteroatoms. The number of aryl methyl sites for hydroxylation is 1. The van der Waals surface area contributed by atoms with Crippen LogP contribution in [0.5, 0.6) is 0 Å². The quantitative estimate of drug-likeness (QED) is 0.307. The Kier molecular flexibility index (Phi) is 9.73. The van der Waals surface area contributed by atoms with Gasteiger partial charge in [-0.15, -0.1) is 0 Å². The van der Waals surface area contributed by atoms with Crippen LogP contribution in [0.4, 0.5) is 14.5 Å². The number of nitrogens with one attached hydrogen (secondary N) is 2. The lowest BCUT2D eigenvalue weighted by molar-refractivity contribution is 0.0238. The number of carbonyl (C=O) groups is 1. The van der Waals surface area contributed by atoms with Gasteiger partial charge in [-0.3, -0.25) is 4.72 Å².